The number of hydrogen-bond acceptors (Lipinski definition) is 2. The number of rotatable bonds is 4. The summed E-state index contributed by atoms with van der Waals surface area (Å²) < 4.78 is 0. The molecule has 2 aromatic carbocycles. The highest BCUT2D eigenvalue weighted by Gasteiger charge is 2.04. The van der Waals surface area contributed by atoms with E-state index >= 15 is 0 Å². The van der Waals surface area contributed by atoms with Crippen molar-refractivity contribution in [2.45, 2.75) is 12.8 Å². The predicted octanol–water partition coefficient (Wildman–Crippen LogP) is 4.60. The average molecular weight is 265 g/mol. The van der Waals surface area contributed by atoms with E-state index in [1.807, 2.05) is 6.07 Å². The largest absolute Gasteiger partial charge is 0.241 e. The van der Waals surface area contributed by atoms with Crippen LogP contribution in [0.25, 0.3) is 11.3 Å². The molecule has 19 heavy (non-hydrogen) atoms. The van der Waals surface area contributed by atoms with E-state index < -0.39 is 0 Å². The monoisotopic (exact) mass is 265 g/mol. The van der Waals surface area contributed by atoms with Crippen LogP contribution in [-0.2, 0) is 12.8 Å². The fourth-order valence-corrected chi connectivity index (χ4v) is 2.87. The SMILES string of the molecule is c1ccc(CCc2nc(-c3ccccc3)cs2)cc1. The first kappa shape index (κ1) is 12.1. The number of hydrogen-bond donors (Lipinski definition) is 0. The lowest BCUT2D eigenvalue weighted by molar-refractivity contribution is 0.945. The van der Waals surface area contributed by atoms with Gasteiger partial charge in [-0.3, -0.25) is 0 Å². The van der Waals surface area contributed by atoms with Crippen molar-refractivity contribution in [2.75, 3.05) is 0 Å². The molecule has 3 rings (SSSR count). The molecule has 0 aliphatic heterocycles. The number of aryl methyl sites for hydroxylation is 2. The molecule has 0 bridgehead atoms. The third kappa shape index (κ3) is 3.09. The molecule has 0 atom stereocenters. The molecule has 3 aromatic rings. The van der Waals surface area contributed by atoms with E-state index in [0.29, 0.717) is 0 Å². The number of thiazole rings is 1. The van der Waals surface area contributed by atoms with Crippen LogP contribution in [0.5, 0.6) is 0 Å². The average Bonchev–Trinajstić information content (AvgIpc) is 2.96. The summed E-state index contributed by atoms with van der Waals surface area (Å²) in [5.74, 6) is 0. The summed E-state index contributed by atoms with van der Waals surface area (Å²) in [6, 6.07) is 20.9. The Labute approximate surface area is 117 Å². The van der Waals surface area contributed by atoms with Crippen molar-refractivity contribution >= 4 is 11.3 Å². The van der Waals surface area contributed by atoms with Gasteiger partial charge in [-0.15, -0.1) is 11.3 Å². The molecule has 2 heteroatoms. The van der Waals surface area contributed by atoms with Gasteiger partial charge < -0.3 is 0 Å². The summed E-state index contributed by atoms with van der Waals surface area (Å²) in [4.78, 5) is 4.71. The summed E-state index contributed by atoms with van der Waals surface area (Å²) in [5.41, 5.74) is 3.66. The molecular formula is C17H15NS. The second-order valence-corrected chi connectivity index (χ2v) is 5.42. The van der Waals surface area contributed by atoms with Gasteiger partial charge in [-0.1, -0.05) is 60.7 Å². The van der Waals surface area contributed by atoms with Gasteiger partial charge in [0.25, 0.3) is 0 Å². The molecule has 1 nitrogen and oxygen atoms in total. The predicted molar refractivity (Wildman–Crippen MR) is 81.4 cm³/mol. The lowest BCUT2D eigenvalue weighted by atomic mass is 10.1. The van der Waals surface area contributed by atoms with Crippen LogP contribution in [0.3, 0.4) is 0 Å². The molecule has 0 aliphatic rings. The Hall–Kier alpha value is -1.93. The Morgan fingerprint density at radius 2 is 1.47 bits per heavy atom. The normalized spacial score (nSPS) is 10.5. The minimum absolute atomic E-state index is 1.02. The zero-order chi connectivity index (χ0) is 12.9. The smallest absolute Gasteiger partial charge is 0.0935 e. The lowest BCUT2D eigenvalue weighted by Gasteiger charge is -1.98. The van der Waals surface area contributed by atoms with E-state index in [-0.39, 0.29) is 0 Å². The van der Waals surface area contributed by atoms with Crippen LogP contribution in [0.4, 0.5) is 0 Å². The second kappa shape index (κ2) is 5.81. The van der Waals surface area contributed by atoms with Crippen LogP contribution < -0.4 is 0 Å². The van der Waals surface area contributed by atoms with E-state index in [4.69, 9.17) is 4.98 Å². The van der Waals surface area contributed by atoms with Crippen molar-refractivity contribution in [1.82, 2.24) is 4.98 Å². The third-order valence-corrected chi connectivity index (χ3v) is 4.00. The number of benzene rings is 2. The van der Waals surface area contributed by atoms with Gasteiger partial charge in [-0.25, -0.2) is 4.98 Å². The van der Waals surface area contributed by atoms with Gasteiger partial charge in [-0.2, -0.15) is 0 Å². The van der Waals surface area contributed by atoms with Gasteiger partial charge in [0.1, 0.15) is 0 Å². The van der Waals surface area contributed by atoms with Gasteiger partial charge in [0.2, 0.25) is 0 Å². The van der Waals surface area contributed by atoms with Crippen molar-refractivity contribution in [3.8, 4) is 11.3 Å². The van der Waals surface area contributed by atoms with Crippen molar-refractivity contribution in [3.63, 3.8) is 0 Å². The Morgan fingerprint density at radius 3 is 2.21 bits per heavy atom. The van der Waals surface area contributed by atoms with E-state index in [2.05, 4.69) is 60.0 Å². The molecule has 1 aromatic heterocycles. The summed E-state index contributed by atoms with van der Waals surface area (Å²) in [7, 11) is 0. The Bertz CT molecular complexity index is 629. The second-order valence-electron chi connectivity index (χ2n) is 4.48. The van der Waals surface area contributed by atoms with Crippen LogP contribution in [0.2, 0.25) is 0 Å². The third-order valence-electron chi connectivity index (χ3n) is 3.09. The van der Waals surface area contributed by atoms with E-state index in [1.54, 1.807) is 11.3 Å². The highest BCUT2D eigenvalue weighted by Crippen LogP contribution is 2.22. The van der Waals surface area contributed by atoms with Crippen molar-refractivity contribution in [1.29, 1.82) is 0 Å². The molecule has 0 aliphatic carbocycles. The maximum atomic E-state index is 4.71. The fraction of sp³-hybridized carbons (Fsp3) is 0.118. The molecule has 0 unspecified atom stereocenters. The molecule has 0 saturated heterocycles. The Balaban J connectivity index is 1.69. The maximum absolute atomic E-state index is 4.71. The molecular weight excluding hydrogens is 250 g/mol. The molecule has 94 valence electrons. The quantitative estimate of drug-likeness (QED) is 0.672. The van der Waals surface area contributed by atoms with Crippen LogP contribution in [0, 0.1) is 0 Å². The van der Waals surface area contributed by atoms with E-state index in [9.17, 15) is 0 Å². The molecule has 0 spiro atoms. The minimum Gasteiger partial charge on any atom is -0.241 e. The van der Waals surface area contributed by atoms with E-state index in [0.717, 1.165) is 18.5 Å². The van der Waals surface area contributed by atoms with Crippen LogP contribution in [-0.4, -0.2) is 4.98 Å². The van der Waals surface area contributed by atoms with Gasteiger partial charge in [0.15, 0.2) is 0 Å². The summed E-state index contributed by atoms with van der Waals surface area (Å²) in [6.07, 6.45) is 2.07. The van der Waals surface area contributed by atoms with Crippen molar-refractivity contribution in [3.05, 3.63) is 76.6 Å². The summed E-state index contributed by atoms with van der Waals surface area (Å²) >= 11 is 1.75. The number of aromatic nitrogens is 1. The standard InChI is InChI=1S/C17H15NS/c1-3-7-14(8-4-1)11-12-17-18-16(13-19-17)15-9-5-2-6-10-15/h1-10,13H,11-12H2. The summed E-state index contributed by atoms with van der Waals surface area (Å²) in [5, 5.41) is 3.36. The van der Waals surface area contributed by atoms with Gasteiger partial charge in [-0.05, 0) is 12.0 Å². The van der Waals surface area contributed by atoms with Crippen LogP contribution in [0.1, 0.15) is 10.6 Å². The topological polar surface area (TPSA) is 12.9 Å². The van der Waals surface area contributed by atoms with Gasteiger partial charge in [0, 0.05) is 17.4 Å². The summed E-state index contributed by atoms with van der Waals surface area (Å²) in [6.45, 7) is 0. The first-order valence-electron chi connectivity index (χ1n) is 6.45. The first-order valence-corrected chi connectivity index (χ1v) is 7.33. The molecule has 0 N–H and O–H groups in total. The lowest BCUT2D eigenvalue weighted by Crippen LogP contribution is -1.90. The highest BCUT2D eigenvalue weighted by atomic mass is 32.1. The molecule has 0 fully saturated rings. The van der Waals surface area contributed by atoms with Crippen molar-refractivity contribution < 1.29 is 0 Å². The Kier molecular flexibility index (Phi) is 3.70. The van der Waals surface area contributed by atoms with Crippen LogP contribution >= 0.6 is 11.3 Å². The molecule has 1 heterocycles. The van der Waals surface area contributed by atoms with E-state index in [1.165, 1.54) is 16.1 Å². The van der Waals surface area contributed by atoms with Crippen molar-refractivity contribution in [2.24, 2.45) is 0 Å². The first-order chi connectivity index (χ1) is 9.42. The molecule has 0 saturated carbocycles. The fourth-order valence-electron chi connectivity index (χ4n) is 2.06. The Morgan fingerprint density at radius 1 is 0.789 bits per heavy atom. The zero-order valence-corrected chi connectivity index (χ0v) is 11.4. The maximum Gasteiger partial charge on any atom is 0.0935 e. The minimum atomic E-state index is 1.02. The van der Waals surface area contributed by atoms with Gasteiger partial charge >= 0.3 is 0 Å². The molecule has 0 radical (unpaired) electrons. The van der Waals surface area contributed by atoms with Gasteiger partial charge in [0.05, 0.1) is 10.7 Å². The van der Waals surface area contributed by atoms with Crippen LogP contribution in [0.15, 0.2) is 66.0 Å². The zero-order valence-electron chi connectivity index (χ0n) is 10.6. The molecule has 0 amide bonds. The highest BCUT2D eigenvalue weighted by molar-refractivity contribution is 7.09. The number of nitrogens with zero attached hydrogens (tertiary/aromatic N) is 1.